The van der Waals surface area contributed by atoms with Gasteiger partial charge in [0, 0.05) is 18.6 Å². The van der Waals surface area contributed by atoms with E-state index in [0.717, 1.165) is 25.4 Å². The third-order valence-electron chi connectivity index (χ3n) is 4.35. The number of hydrogen-bond donors (Lipinski definition) is 1. The van der Waals surface area contributed by atoms with E-state index in [1.165, 1.54) is 25.7 Å². The number of carbonyl (C=O) groups excluding carboxylic acids is 1. The zero-order valence-corrected chi connectivity index (χ0v) is 11.3. The van der Waals surface area contributed by atoms with Crippen LogP contribution in [0.3, 0.4) is 0 Å². The van der Waals surface area contributed by atoms with Gasteiger partial charge in [-0.05, 0) is 51.5 Å². The largest absolute Gasteiger partial charge is 0.336 e. The third kappa shape index (κ3) is 2.76. The smallest absolute Gasteiger partial charge is 0.227 e. The summed E-state index contributed by atoms with van der Waals surface area (Å²) in [5.41, 5.74) is 0. The molecule has 98 valence electrons. The summed E-state index contributed by atoms with van der Waals surface area (Å²) < 4.78 is 0. The van der Waals surface area contributed by atoms with Crippen molar-refractivity contribution >= 4 is 18.3 Å². The zero-order chi connectivity index (χ0) is 11.1. The molecule has 1 amide bonds. The molecular formula is C13H23ClN2O. The Labute approximate surface area is 110 Å². The molecule has 0 spiro atoms. The van der Waals surface area contributed by atoms with Crippen molar-refractivity contribution in [2.24, 2.45) is 11.8 Å². The summed E-state index contributed by atoms with van der Waals surface area (Å²) in [6.07, 6.45) is 6.19. The summed E-state index contributed by atoms with van der Waals surface area (Å²) in [4.78, 5) is 14.7. The minimum atomic E-state index is 0. The van der Waals surface area contributed by atoms with E-state index in [9.17, 15) is 4.79 Å². The second kappa shape index (κ2) is 5.15. The summed E-state index contributed by atoms with van der Waals surface area (Å²) in [7, 11) is 0. The molecule has 3 aliphatic rings. The highest BCUT2D eigenvalue weighted by Gasteiger charge is 2.43. The Hall–Kier alpha value is -0.280. The van der Waals surface area contributed by atoms with Gasteiger partial charge in [-0.1, -0.05) is 0 Å². The minimum Gasteiger partial charge on any atom is -0.336 e. The Bertz CT molecular complexity index is 283. The van der Waals surface area contributed by atoms with Crippen LogP contribution < -0.4 is 5.32 Å². The van der Waals surface area contributed by atoms with Crippen LogP contribution in [0.4, 0.5) is 0 Å². The van der Waals surface area contributed by atoms with Gasteiger partial charge in [-0.15, -0.1) is 12.4 Å². The maximum Gasteiger partial charge on any atom is 0.227 e. The van der Waals surface area contributed by atoms with Crippen molar-refractivity contribution in [3.8, 4) is 0 Å². The van der Waals surface area contributed by atoms with Crippen molar-refractivity contribution in [3.63, 3.8) is 0 Å². The second-order valence-electron chi connectivity index (χ2n) is 5.74. The standard InChI is InChI=1S/C13H22N2O.ClH/c1-9(10-2-3-10)15(12-4-5-12)13(16)11-6-7-14-8-11;/h9-12,14H,2-8H2,1H3;1H. The predicted molar refractivity (Wildman–Crippen MR) is 70.3 cm³/mol. The van der Waals surface area contributed by atoms with E-state index in [1.807, 2.05) is 0 Å². The Morgan fingerprint density at radius 2 is 1.94 bits per heavy atom. The molecule has 1 N–H and O–H groups in total. The summed E-state index contributed by atoms with van der Waals surface area (Å²) in [5, 5.41) is 3.30. The maximum atomic E-state index is 12.5. The van der Waals surface area contributed by atoms with Gasteiger partial charge in [0.1, 0.15) is 0 Å². The molecule has 2 saturated carbocycles. The van der Waals surface area contributed by atoms with Gasteiger partial charge in [-0.25, -0.2) is 0 Å². The van der Waals surface area contributed by atoms with Crippen molar-refractivity contribution < 1.29 is 4.79 Å². The average molecular weight is 259 g/mol. The van der Waals surface area contributed by atoms with Crippen molar-refractivity contribution in [1.29, 1.82) is 0 Å². The van der Waals surface area contributed by atoms with E-state index in [2.05, 4.69) is 17.1 Å². The molecule has 0 bridgehead atoms. The van der Waals surface area contributed by atoms with Crippen LogP contribution in [0.5, 0.6) is 0 Å². The number of halogens is 1. The highest BCUT2D eigenvalue weighted by molar-refractivity contribution is 5.85. The SMILES string of the molecule is CC(C1CC1)N(C(=O)C1CCNC1)C1CC1.Cl. The van der Waals surface area contributed by atoms with Crippen LogP contribution in [0, 0.1) is 11.8 Å². The van der Waals surface area contributed by atoms with Crippen LogP contribution in [0.2, 0.25) is 0 Å². The number of carbonyl (C=O) groups is 1. The lowest BCUT2D eigenvalue weighted by molar-refractivity contribution is -0.138. The van der Waals surface area contributed by atoms with Crippen LogP contribution in [-0.2, 0) is 4.79 Å². The van der Waals surface area contributed by atoms with Crippen molar-refractivity contribution in [3.05, 3.63) is 0 Å². The summed E-state index contributed by atoms with van der Waals surface area (Å²) in [5.74, 6) is 1.51. The second-order valence-corrected chi connectivity index (χ2v) is 5.74. The van der Waals surface area contributed by atoms with Crippen LogP contribution in [-0.4, -0.2) is 36.0 Å². The number of nitrogens with zero attached hydrogens (tertiary/aromatic N) is 1. The fourth-order valence-electron chi connectivity index (χ4n) is 2.95. The molecule has 1 aliphatic heterocycles. The monoisotopic (exact) mass is 258 g/mol. The molecule has 0 aromatic carbocycles. The molecule has 2 atom stereocenters. The molecule has 2 unspecified atom stereocenters. The first kappa shape index (κ1) is 13.2. The Morgan fingerprint density at radius 3 is 2.41 bits per heavy atom. The minimum absolute atomic E-state index is 0. The van der Waals surface area contributed by atoms with Crippen molar-refractivity contribution in [1.82, 2.24) is 10.2 Å². The van der Waals surface area contributed by atoms with Crippen LogP contribution in [0.25, 0.3) is 0 Å². The Kier molecular flexibility index (Phi) is 3.99. The van der Waals surface area contributed by atoms with Gasteiger partial charge in [-0.2, -0.15) is 0 Å². The fourth-order valence-corrected chi connectivity index (χ4v) is 2.95. The van der Waals surface area contributed by atoms with Gasteiger partial charge in [0.25, 0.3) is 0 Å². The van der Waals surface area contributed by atoms with Crippen molar-refractivity contribution in [2.75, 3.05) is 13.1 Å². The van der Waals surface area contributed by atoms with E-state index in [4.69, 9.17) is 0 Å². The first-order valence-electron chi connectivity index (χ1n) is 6.80. The van der Waals surface area contributed by atoms with E-state index in [-0.39, 0.29) is 18.3 Å². The Balaban J connectivity index is 0.00000108. The molecule has 0 radical (unpaired) electrons. The number of nitrogens with one attached hydrogen (secondary N) is 1. The molecule has 1 heterocycles. The summed E-state index contributed by atoms with van der Waals surface area (Å²) >= 11 is 0. The van der Waals surface area contributed by atoms with Gasteiger partial charge in [0.2, 0.25) is 5.91 Å². The van der Waals surface area contributed by atoms with E-state index in [0.29, 0.717) is 18.0 Å². The third-order valence-corrected chi connectivity index (χ3v) is 4.35. The summed E-state index contributed by atoms with van der Waals surface area (Å²) in [6.45, 7) is 4.18. The number of rotatable bonds is 4. The van der Waals surface area contributed by atoms with Gasteiger partial charge in [0.05, 0.1) is 5.92 Å². The molecule has 17 heavy (non-hydrogen) atoms. The van der Waals surface area contributed by atoms with Gasteiger partial charge in [0.15, 0.2) is 0 Å². The van der Waals surface area contributed by atoms with Crippen LogP contribution in [0.1, 0.15) is 39.0 Å². The molecule has 3 fully saturated rings. The molecule has 1 saturated heterocycles. The zero-order valence-electron chi connectivity index (χ0n) is 10.5. The average Bonchev–Trinajstić information content (AvgIpc) is 3.19. The molecule has 0 aromatic rings. The lowest BCUT2D eigenvalue weighted by Crippen LogP contribution is -2.45. The lowest BCUT2D eigenvalue weighted by Gasteiger charge is -2.31. The first-order valence-corrected chi connectivity index (χ1v) is 6.80. The quantitative estimate of drug-likeness (QED) is 0.834. The molecule has 3 rings (SSSR count). The highest BCUT2D eigenvalue weighted by atomic mass is 35.5. The van der Waals surface area contributed by atoms with Crippen LogP contribution in [0.15, 0.2) is 0 Å². The number of hydrogen-bond acceptors (Lipinski definition) is 2. The number of amides is 1. The Morgan fingerprint density at radius 1 is 1.24 bits per heavy atom. The van der Waals surface area contributed by atoms with Gasteiger partial charge in [-0.3, -0.25) is 4.79 Å². The summed E-state index contributed by atoms with van der Waals surface area (Å²) in [6, 6.07) is 1.09. The molecule has 4 heteroatoms. The van der Waals surface area contributed by atoms with E-state index in [1.54, 1.807) is 0 Å². The topological polar surface area (TPSA) is 32.3 Å². The lowest BCUT2D eigenvalue weighted by atomic mass is 10.0. The first-order chi connectivity index (χ1) is 7.77. The predicted octanol–water partition coefficient (Wildman–Crippen LogP) is 1.81. The molecule has 3 nitrogen and oxygen atoms in total. The van der Waals surface area contributed by atoms with Crippen molar-refractivity contribution in [2.45, 2.75) is 51.1 Å². The van der Waals surface area contributed by atoms with Gasteiger partial charge >= 0.3 is 0 Å². The van der Waals surface area contributed by atoms with E-state index < -0.39 is 0 Å². The molecule has 0 aromatic heterocycles. The van der Waals surface area contributed by atoms with Gasteiger partial charge < -0.3 is 10.2 Å². The normalized spacial score (nSPS) is 29.6. The van der Waals surface area contributed by atoms with E-state index >= 15 is 0 Å². The maximum absolute atomic E-state index is 12.5. The fraction of sp³-hybridized carbons (Fsp3) is 0.923. The molecule has 2 aliphatic carbocycles. The van der Waals surface area contributed by atoms with Crippen LogP contribution >= 0.6 is 12.4 Å². The molecular weight excluding hydrogens is 236 g/mol. The highest BCUT2D eigenvalue weighted by Crippen LogP contribution is 2.40.